The summed E-state index contributed by atoms with van der Waals surface area (Å²) < 4.78 is 0. The van der Waals surface area contributed by atoms with Gasteiger partial charge >= 0.3 is 0 Å². The molecule has 0 aromatic carbocycles. The molecule has 19 heavy (non-hydrogen) atoms. The third kappa shape index (κ3) is 3.37. The molecule has 6 heteroatoms. The topological polar surface area (TPSA) is 68.1 Å². The third-order valence-corrected chi connectivity index (χ3v) is 4.76. The molecule has 104 valence electrons. The lowest BCUT2D eigenvalue weighted by atomic mass is 10.2. The summed E-state index contributed by atoms with van der Waals surface area (Å²) in [5, 5.41) is 14.8. The Balaban J connectivity index is 2.08. The molecule has 5 nitrogen and oxygen atoms in total. The van der Waals surface area contributed by atoms with Crippen molar-refractivity contribution in [2.24, 2.45) is 0 Å². The van der Waals surface area contributed by atoms with Gasteiger partial charge in [0, 0.05) is 17.4 Å². The van der Waals surface area contributed by atoms with Gasteiger partial charge in [0.1, 0.15) is 12.0 Å². The molecular formula is C13H19N3O2S. The molecule has 0 amide bonds. The summed E-state index contributed by atoms with van der Waals surface area (Å²) in [6, 6.07) is 2.00. The van der Waals surface area contributed by atoms with Crippen LogP contribution in [0.1, 0.15) is 31.7 Å². The van der Waals surface area contributed by atoms with E-state index in [1.807, 2.05) is 18.7 Å². The van der Waals surface area contributed by atoms with Crippen molar-refractivity contribution in [1.82, 2.24) is 4.98 Å². The number of hydrogen-bond donors (Lipinski definition) is 1. The summed E-state index contributed by atoms with van der Waals surface area (Å²) in [5.74, 6) is 1.90. The lowest BCUT2D eigenvalue weighted by molar-refractivity contribution is -0.385. The Morgan fingerprint density at radius 1 is 1.58 bits per heavy atom. The lowest BCUT2D eigenvalue weighted by Gasteiger charge is -2.21. The van der Waals surface area contributed by atoms with Gasteiger partial charge in [0.15, 0.2) is 0 Å². The van der Waals surface area contributed by atoms with E-state index in [-0.39, 0.29) is 5.69 Å². The van der Waals surface area contributed by atoms with Crippen LogP contribution in [0.2, 0.25) is 0 Å². The van der Waals surface area contributed by atoms with Gasteiger partial charge in [0.25, 0.3) is 5.69 Å². The zero-order valence-corrected chi connectivity index (χ0v) is 12.1. The molecule has 0 spiro atoms. The molecule has 2 rings (SSSR count). The average Bonchev–Trinajstić information content (AvgIpc) is 2.79. The Labute approximate surface area is 117 Å². The summed E-state index contributed by atoms with van der Waals surface area (Å²) in [5.41, 5.74) is 0.885. The average molecular weight is 281 g/mol. The zero-order chi connectivity index (χ0) is 13.8. The second-order valence-electron chi connectivity index (χ2n) is 4.79. The second kappa shape index (κ2) is 6.23. The van der Waals surface area contributed by atoms with Crippen LogP contribution in [0.25, 0.3) is 0 Å². The van der Waals surface area contributed by atoms with Crippen molar-refractivity contribution in [2.75, 3.05) is 11.1 Å². The molecule has 1 aliphatic carbocycles. The van der Waals surface area contributed by atoms with E-state index in [0.717, 1.165) is 23.6 Å². The van der Waals surface area contributed by atoms with Gasteiger partial charge in [-0.25, -0.2) is 4.98 Å². The van der Waals surface area contributed by atoms with Gasteiger partial charge in [0.2, 0.25) is 0 Å². The molecule has 0 radical (unpaired) electrons. The van der Waals surface area contributed by atoms with Crippen LogP contribution in [0.3, 0.4) is 0 Å². The van der Waals surface area contributed by atoms with Crippen LogP contribution >= 0.6 is 11.8 Å². The van der Waals surface area contributed by atoms with Crippen LogP contribution in [0.15, 0.2) is 12.3 Å². The smallest absolute Gasteiger partial charge is 0.287 e. The highest BCUT2D eigenvalue weighted by molar-refractivity contribution is 7.99. The number of nitro groups is 1. The Hall–Kier alpha value is -1.30. The van der Waals surface area contributed by atoms with E-state index in [1.165, 1.54) is 19.0 Å². The monoisotopic (exact) mass is 281 g/mol. The molecule has 1 fully saturated rings. The fourth-order valence-electron chi connectivity index (χ4n) is 2.49. The summed E-state index contributed by atoms with van der Waals surface area (Å²) in [4.78, 5) is 14.5. The van der Waals surface area contributed by atoms with Crippen molar-refractivity contribution in [1.29, 1.82) is 0 Å². The standard InChI is InChI=1S/C13H19N3O2S/c1-3-19-12-6-4-5-11(12)15-13-9(2)7-10(8-14-13)16(17)18/h7-8,11-12H,3-6H2,1-2H3,(H,14,15). The number of rotatable bonds is 5. The molecule has 0 bridgehead atoms. The van der Waals surface area contributed by atoms with Crippen LogP contribution in [0.4, 0.5) is 11.5 Å². The molecule has 1 aliphatic rings. The van der Waals surface area contributed by atoms with Crippen LogP contribution in [0, 0.1) is 17.0 Å². The Morgan fingerprint density at radius 2 is 2.37 bits per heavy atom. The van der Waals surface area contributed by atoms with E-state index >= 15 is 0 Å². The van der Waals surface area contributed by atoms with Gasteiger partial charge in [-0.15, -0.1) is 0 Å². The number of hydrogen-bond acceptors (Lipinski definition) is 5. The van der Waals surface area contributed by atoms with E-state index in [9.17, 15) is 10.1 Å². The van der Waals surface area contributed by atoms with Crippen molar-refractivity contribution in [2.45, 2.75) is 44.4 Å². The van der Waals surface area contributed by atoms with Crippen LogP contribution in [-0.2, 0) is 0 Å². The van der Waals surface area contributed by atoms with Gasteiger partial charge in [-0.1, -0.05) is 13.3 Å². The summed E-state index contributed by atoms with van der Waals surface area (Å²) in [6.45, 7) is 4.04. The highest BCUT2D eigenvalue weighted by Crippen LogP contribution is 2.32. The number of thioether (sulfide) groups is 1. The molecule has 0 saturated heterocycles. The SMILES string of the molecule is CCSC1CCCC1Nc1ncc([N+](=O)[O-])cc1C. The minimum atomic E-state index is -0.408. The molecule has 2 atom stereocenters. The minimum Gasteiger partial charge on any atom is -0.366 e. The number of anilines is 1. The van der Waals surface area contributed by atoms with Crippen molar-refractivity contribution in [3.8, 4) is 0 Å². The first-order valence-corrected chi connectivity index (χ1v) is 7.66. The van der Waals surface area contributed by atoms with E-state index in [1.54, 1.807) is 6.07 Å². The van der Waals surface area contributed by atoms with Crippen LogP contribution in [-0.4, -0.2) is 27.0 Å². The molecule has 1 aromatic rings. The predicted molar refractivity (Wildman–Crippen MR) is 78.8 cm³/mol. The first-order chi connectivity index (χ1) is 9.11. The summed E-state index contributed by atoms with van der Waals surface area (Å²) in [6.07, 6.45) is 4.95. The first-order valence-electron chi connectivity index (χ1n) is 6.61. The largest absolute Gasteiger partial charge is 0.366 e. The number of nitrogens with one attached hydrogen (secondary N) is 1. The molecule has 0 aliphatic heterocycles. The van der Waals surface area contributed by atoms with Crippen molar-refractivity contribution < 1.29 is 4.92 Å². The highest BCUT2D eigenvalue weighted by atomic mass is 32.2. The van der Waals surface area contributed by atoms with Crippen LogP contribution < -0.4 is 5.32 Å². The maximum Gasteiger partial charge on any atom is 0.287 e. The van der Waals surface area contributed by atoms with Gasteiger partial charge in [-0.05, 0) is 31.1 Å². The number of aromatic nitrogens is 1. The molecule has 1 heterocycles. The minimum absolute atomic E-state index is 0.0500. The van der Waals surface area contributed by atoms with E-state index in [4.69, 9.17) is 0 Å². The van der Waals surface area contributed by atoms with Crippen molar-refractivity contribution in [3.63, 3.8) is 0 Å². The number of aryl methyl sites for hydroxylation is 1. The normalized spacial score (nSPS) is 22.4. The fourth-order valence-corrected chi connectivity index (χ4v) is 3.69. The highest BCUT2D eigenvalue weighted by Gasteiger charge is 2.27. The van der Waals surface area contributed by atoms with Crippen molar-refractivity contribution >= 4 is 23.3 Å². The molecule has 1 aromatic heterocycles. The van der Waals surface area contributed by atoms with E-state index in [0.29, 0.717) is 11.3 Å². The van der Waals surface area contributed by atoms with Crippen molar-refractivity contribution in [3.05, 3.63) is 27.9 Å². The quantitative estimate of drug-likeness (QED) is 0.662. The van der Waals surface area contributed by atoms with Gasteiger partial charge in [-0.3, -0.25) is 10.1 Å². The molecule has 2 unspecified atom stereocenters. The van der Waals surface area contributed by atoms with E-state index in [2.05, 4.69) is 17.2 Å². The maximum absolute atomic E-state index is 10.7. The van der Waals surface area contributed by atoms with Gasteiger partial charge in [-0.2, -0.15) is 11.8 Å². The number of nitrogens with zero attached hydrogens (tertiary/aromatic N) is 2. The Kier molecular flexibility index (Phi) is 4.63. The Morgan fingerprint density at radius 3 is 3.00 bits per heavy atom. The lowest BCUT2D eigenvalue weighted by Crippen LogP contribution is -2.27. The maximum atomic E-state index is 10.7. The third-order valence-electron chi connectivity index (χ3n) is 3.43. The number of pyridine rings is 1. The Bertz CT molecular complexity index is 467. The zero-order valence-electron chi connectivity index (χ0n) is 11.3. The molecular weight excluding hydrogens is 262 g/mol. The van der Waals surface area contributed by atoms with Gasteiger partial charge in [0.05, 0.1) is 4.92 Å². The fraction of sp³-hybridized carbons (Fsp3) is 0.615. The van der Waals surface area contributed by atoms with E-state index < -0.39 is 4.92 Å². The summed E-state index contributed by atoms with van der Waals surface area (Å²) in [7, 11) is 0. The summed E-state index contributed by atoms with van der Waals surface area (Å²) >= 11 is 1.98. The van der Waals surface area contributed by atoms with Crippen LogP contribution in [0.5, 0.6) is 0 Å². The predicted octanol–water partition coefficient (Wildman–Crippen LogP) is 3.38. The van der Waals surface area contributed by atoms with Gasteiger partial charge < -0.3 is 5.32 Å². The first kappa shape index (κ1) is 14.1. The molecule has 1 saturated carbocycles. The molecule has 1 N–H and O–H groups in total. The second-order valence-corrected chi connectivity index (χ2v) is 6.31.